The molecular formula is C20H14ClN3O2S. The molecule has 0 atom stereocenters. The van der Waals surface area contributed by atoms with Gasteiger partial charge in [0.2, 0.25) is 0 Å². The fraction of sp³-hybridized carbons (Fsp3) is 0.0500. The second-order valence-electron chi connectivity index (χ2n) is 5.94. The van der Waals surface area contributed by atoms with Gasteiger partial charge in [-0.1, -0.05) is 29.8 Å². The number of thiophene rings is 1. The third-order valence-electron chi connectivity index (χ3n) is 4.16. The minimum absolute atomic E-state index is 0.212. The summed E-state index contributed by atoms with van der Waals surface area (Å²) in [6, 6.07) is 13.1. The van der Waals surface area contributed by atoms with E-state index in [1.54, 1.807) is 17.7 Å². The molecule has 0 amide bonds. The van der Waals surface area contributed by atoms with Crippen LogP contribution in [0.25, 0.3) is 16.9 Å². The normalized spacial score (nSPS) is 11.5. The zero-order valence-electron chi connectivity index (χ0n) is 14.3. The first-order valence-corrected chi connectivity index (χ1v) is 9.39. The molecule has 0 bridgehead atoms. The molecule has 1 N–H and O–H groups in total. The quantitative estimate of drug-likeness (QED) is 0.465. The van der Waals surface area contributed by atoms with Crippen molar-refractivity contribution in [3.8, 4) is 11.3 Å². The van der Waals surface area contributed by atoms with Crippen molar-refractivity contribution in [1.82, 2.24) is 9.38 Å². The van der Waals surface area contributed by atoms with Crippen LogP contribution in [0.1, 0.15) is 20.9 Å². The number of carboxylic acids is 1. The summed E-state index contributed by atoms with van der Waals surface area (Å²) in [6.45, 7) is 2.00. The fourth-order valence-electron chi connectivity index (χ4n) is 2.86. The summed E-state index contributed by atoms with van der Waals surface area (Å²) in [4.78, 5) is 20.8. The van der Waals surface area contributed by atoms with Gasteiger partial charge in [0, 0.05) is 16.8 Å². The van der Waals surface area contributed by atoms with Gasteiger partial charge in [0.05, 0.1) is 23.3 Å². The molecule has 7 heteroatoms. The van der Waals surface area contributed by atoms with E-state index < -0.39 is 5.97 Å². The molecule has 0 spiro atoms. The maximum absolute atomic E-state index is 11.3. The highest BCUT2D eigenvalue weighted by atomic mass is 35.5. The number of hydrogen-bond donors (Lipinski definition) is 1. The number of halogens is 1. The van der Waals surface area contributed by atoms with Gasteiger partial charge in [-0.3, -0.25) is 9.39 Å². The van der Waals surface area contributed by atoms with Crippen LogP contribution < -0.4 is 0 Å². The number of carbonyl (C=O) groups is 1. The fourth-order valence-corrected chi connectivity index (χ4v) is 3.66. The Balaban J connectivity index is 1.90. The second-order valence-corrected chi connectivity index (χ2v) is 7.29. The number of aliphatic imine (C=N–C) groups is 1. The maximum atomic E-state index is 11.3. The van der Waals surface area contributed by atoms with Gasteiger partial charge in [0.25, 0.3) is 0 Å². The van der Waals surface area contributed by atoms with Crippen LogP contribution in [0.4, 0.5) is 5.69 Å². The number of benzene rings is 1. The van der Waals surface area contributed by atoms with Crippen molar-refractivity contribution in [1.29, 1.82) is 0 Å². The number of carboxylic acid groups (broad SMARTS) is 1. The first-order chi connectivity index (χ1) is 13.0. The molecule has 0 radical (unpaired) electrons. The smallest absolute Gasteiger partial charge is 0.348 e. The molecular weight excluding hydrogens is 382 g/mol. The van der Waals surface area contributed by atoms with Crippen LogP contribution in [0.2, 0.25) is 5.02 Å². The largest absolute Gasteiger partial charge is 0.477 e. The molecule has 0 saturated heterocycles. The lowest BCUT2D eigenvalue weighted by Gasteiger charge is -2.01. The first kappa shape index (κ1) is 17.5. The minimum atomic E-state index is -0.982. The summed E-state index contributed by atoms with van der Waals surface area (Å²) in [5, 5.41) is 11.7. The molecule has 1 aromatic carbocycles. The molecule has 27 heavy (non-hydrogen) atoms. The zero-order valence-corrected chi connectivity index (χ0v) is 15.8. The second kappa shape index (κ2) is 6.98. The van der Waals surface area contributed by atoms with Crippen molar-refractivity contribution in [2.24, 2.45) is 4.99 Å². The summed E-state index contributed by atoms with van der Waals surface area (Å²) in [5.41, 5.74) is 4.74. The minimum Gasteiger partial charge on any atom is -0.477 e. The highest BCUT2D eigenvalue weighted by molar-refractivity contribution is 7.12. The van der Waals surface area contributed by atoms with Gasteiger partial charge in [-0.25, -0.2) is 9.78 Å². The number of hydrogen-bond acceptors (Lipinski definition) is 4. The number of imidazole rings is 1. The van der Waals surface area contributed by atoms with Gasteiger partial charge in [-0.2, -0.15) is 0 Å². The van der Waals surface area contributed by atoms with Crippen molar-refractivity contribution >= 4 is 46.5 Å². The SMILES string of the molecule is Cc1cccn2c(C=Nc3ccsc3C(=O)O)c(-c3ccc(Cl)cc3)nc12. The van der Waals surface area contributed by atoms with E-state index in [0.717, 1.165) is 39.5 Å². The lowest BCUT2D eigenvalue weighted by atomic mass is 10.1. The van der Waals surface area contributed by atoms with E-state index in [9.17, 15) is 9.90 Å². The Morgan fingerprint density at radius 3 is 2.78 bits per heavy atom. The van der Waals surface area contributed by atoms with Gasteiger partial charge in [-0.05, 0) is 42.1 Å². The zero-order chi connectivity index (χ0) is 19.0. The van der Waals surface area contributed by atoms with Gasteiger partial charge in [0.1, 0.15) is 10.5 Å². The highest BCUT2D eigenvalue weighted by Gasteiger charge is 2.15. The summed E-state index contributed by atoms with van der Waals surface area (Å²) in [6.07, 6.45) is 3.58. The Bertz CT molecular complexity index is 1180. The summed E-state index contributed by atoms with van der Waals surface area (Å²) in [7, 11) is 0. The monoisotopic (exact) mass is 395 g/mol. The van der Waals surface area contributed by atoms with Gasteiger partial charge in [-0.15, -0.1) is 11.3 Å². The third-order valence-corrected chi connectivity index (χ3v) is 5.31. The van der Waals surface area contributed by atoms with Gasteiger partial charge in [0.15, 0.2) is 0 Å². The molecule has 4 aromatic rings. The average Bonchev–Trinajstić information content (AvgIpc) is 3.26. The van der Waals surface area contributed by atoms with Crippen molar-refractivity contribution in [2.75, 3.05) is 0 Å². The summed E-state index contributed by atoms with van der Waals surface area (Å²) < 4.78 is 1.95. The molecule has 0 aliphatic heterocycles. The summed E-state index contributed by atoms with van der Waals surface area (Å²) >= 11 is 7.16. The van der Waals surface area contributed by atoms with Crippen molar-refractivity contribution < 1.29 is 9.90 Å². The Labute approximate surface area is 164 Å². The molecule has 0 unspecified atom stereocenters. The molecule has 0 saturated carbocycles. The predicted octanol–water partition coefficient (Wildman–Crippen LogP) is 5.47. The van der Waals surface area contributed by atoms with Crippen LogP contribution in [0, 0.1) is 6.92 Å². The van der Waals surface area contributed by atoms with E-state index in [0.29, 0.717) is 10.7 Å². The van der Waals surface area contributed by atoms with E-state index in [2.05, 4.69) is 4.99 Å². The topological polar surface area (TPSA) is 67.0 Å². The van der Waals surface area contributed by atoms with Crippen LogP contribution in [-0.4, -0.2) is 26.7 Å². The standard InChI is InChI=1S/C20H14ClN3O2S/c1-12-3-2-9-24-16(11-22-15-8-10-27-18(15)20(25)26)17(23-19(12)24)13-4-6-14(21)7-5-13/h2-11H,1H3,(H,25,26). The lowest BCUT2D eigenvalue weighted by molar-refractivity contribution is 0.0703. The molecule has 0 aliphatic carbocycles. The third kappa shape index (κ3) is 3.25. The maximum Gasteiger partial charge on any atom is 0.348 e. The summed E-state index contributed by atoms with van der Waals surface area (Å²) in [5.74, 6) is -0.982. The number of pyridine rings is 1. The number of aryl methyl sites for hydroxylation is 1. The van der Waals surface area contributed by atoms with E-state index in [4.69, 9.17) is 16.6 Å². The lowest BCUT2D eigenvalue weighted by Crippen LogP contribution is -1.95. The van der Waals surface area contributed by atoms with Crippen LogP contribution in [-0.2, 0) is 0 Å². The Morgan fingerprint density at radius 2 is 2.04 bits per heavy atom. The van der Waals surface area contributed by atoms with E-state index >= 15 is 0 Å². The number of aromatic nitrogens is 2. The van der Waals surface area contributed by atoms with Gasteiger partial charge >= 0.3 is 5.97 Å². The van der Waals surface area contributed by atoms with Crippen LogP contribution in [0.15, 0.2) is 59.0 Å². The van der Waals surface area contributed by atoms with Gasteiger partial charge < -0.3 is 5.11 Å². The Hall–Kier alpha value is -2.96. The molecule has 0 fully saturated rings. The van der Waals surface area contributed by atoms with Crippen LogP contribution in [0.3, 0.4) is 0 Å². The molecule has 3 aromatic heterocycles. The number of aromatic carboxylic acids is 1. The van der Waals surface area contributed by atoms with Crippen molar-refractivity contribution in [3.05, 3.63) is 75.2 Å². The number of rotatable bonds is 4. The average molecular weight is 396 g/mol. The van der Waals surface area contributed by atoms with Crippen molar-refractivity contribution in [2.45, 2.75) is 6.92 Å². The first-order valence-electron chi connectivity index (χ1n) is 8.13. The van der Waals surface area contributed by atoms with Crippen molar-refractivity contribution in [3.63, 3.8) is 0 Å². The highest BCUT2D eigenvalue weighted by Crippen LogP contribution is 2.28. The number of fused-ring (bicyclic) bond motifs is 1. The van der Waals surface area contributed by atoms with E-state index in [1.165, 1.54) is 0 Å². The Morgan fingerprint density at radius 1 is 1.26 bits per heavy atom. The molecule has 3 heterocycles. The molecule has 0 aliphatic rings. The van der Waals surface area contributed by atoms with E-state index in [-0.39, 0.29) is 4.88 Å². The molecule has 5 nitrogen and oxygen atoms in total. The van der Waals surface area contributed by atoms with E-state index in [1.807, 2.05) is 53.9 Å². The molecule has 4 rings (SSSR count). The number of nitrogens with zero attached hydrogens (tertiary/aromatic N) is 3. The van der Waals surface area contributed by atoms with Crippen LogP contribution >= 0.6 is 22.9 Å². The predicted molar refractivity (Wildman–Crippen MR) is 109 cm³/mol. The molecule has 134 valence electrons. The van der Waals surface area contributed by atoms with Crippen LogP contribution in [0.5, 0.6) is 0 Å². The Kier molecular flexibility index (Phi) is 4.51.